The molecule has 2 aromatic carbocycles. The molecule has 152 valence electrons. The van der Waals surface area contributed by atoms with Crippen LogP contribution in [-0.4, -0.2) is 36.7 Å². The Morgan fingerprint density at radius 2 is 1.90 bits per heavy atom. The van der Waals surface area contributed by atoms with E-state index in [0.717, 1.165) is 16.7 Å². The van der Waals surface area contributed by atoms with Crippen molar-refractivity contribution in [1.82, 2.24) is 29.5 Å². The topological polar surface area (TPSA) is 107 Å². The third kappa shape index (κ3) is 3.51. The highest BCUT2D eigenvalue weighted by Crippen LogP contribution is 2.27. The molecule has 0 atom stereocenters. The van der Waals surface area contributed by atoms with Gasteiger partial charge in [-0.2, -0.15) is 4.52 Å². The van der Waals surface area contributed by atoms with Crippen molar-refractivity contribution in [1.29, 1.82) is 0 Å². The summed E-state index contributed by atoms with van der Waals surface area (Å²) < 4.78 is 6.75. The lowest BCUT2D eigenvalue weighted by atomic mass is 10.2. The van der Waals surface area contributed by atoms with Crippen molar-refractivity contribution in [2.45, 2.75) is 0 Å². The normalized spacial score (nSPS) is 11.0. The maximum atomic E-state index is 12.2. The van der Waals surface area contributed by atoms with Crippen molar-refractivity contribution in [3.8, 4) is 17.1 Å². The molecule has 0 aliphatic carbocycles. The standard InChI is InChI=1S/C21H14ClN7O2/c1-31-14-5-2-12(3-6-14)18-27-19-15-10-13(22)4-7-16(15)25-21(29(19)28-18)26-17-11-23-8-9-24-20(17)30/h2-11H,1H3,(H,24,25,26,30). The van der Waals surface area contributed by atoms with Gasteiger partial charge < -0.3 is 10.1 Å². The quantitative estimate of drug-likeness (QED) is 0.460. The average molecular weight is 432 g/mol. The van der Waals surface area contributed by atoms with E-state index in [1.165, 1.54) is 23.1 Å². The fourth-order valence-corrected chi connectivity index (χ4v) is 3.28. The summed E-state index contributed by atoms with van der Waals surface area (Å²) in [5, 5.41) is 8.87. The van der Waals surface area contributed by atoms with Gasteiger partial charge in [0.2, 0.25) is 5.95 Å². The van der Waals surface area contributed by atoms with Crippen molar-refractivity contribution < 1.29 is 4.74 Å². The molecule has 9 nitrogen and oxygen atoms in total. The van der Waals surface area contributed by atoms with Gasteiger partial charge >= 0.3 is 0 Å². The number of hydrogen-bond acceptors (Lipinski definition) is 8. The Hall–Kier alpha value is -4.11. The van der Waals surface area contributed by atoms with Gasteiger partial charge in [0.25, 0.3) is 5.56 Å². The van der Waals surface area contributed by atoms with E-state index in [1.54, 1.807) is 25.3 Å². The van der Waals surface area contributed by atoms with Crippen LogP contribution in [0, 0.1) is 0 Å². The van der Waals surface area contributed by atoms with Crippen molar-refractivity contribution in [2.24, 2.45) is 0 Å². The van der Waals surface area contributed by atoms with Gasteiger partial charge in [-0.05, 0) is 42.5 Å². The number of rotatable bonds is 4. The number of nitrogens with one attached hydrogen (secondary N) is 1. The summed E-state index contributed by atoms with van der Waals surface area (Å²) >= 11 is 6.21. The number of methoxy groups -OCH3 is 1. The minimum absolute atomic E-state index is 0.161. The molecule has 0 bridgehead atoms. The molecule has 1 N–H and O–H groups in total. The summed E-state index contributed by atoms with van der Waals surface area (Å²) in [6.07, 6.45) is 4.14. The molecular weight excluding hydrogens is 418 g/mol. The summed E-state index contributed by atoms with van der Waals surface area (Å²) in [5.41, 5.74) is 1.66. The molecule has 5 aromatic rings. The molecule has 5 rings (SSSR count). The van der Waals surface area contributed by atoms with E-state index in [4.69, 9.17) is 21.3 Å². The fraction of sp³-hybridized carbons (Fsp3) is 0.0476. The minimum Gasteiger partial charge on any atom is -0.497 e. The van der Waals surface area contributed by atoms with Crippen LogP contribution in [0.25, 0.3) is 27.9 Å². The first kappa shape index (κ1) is 18.9. The van der Waals surface area contributed by atoms with E-state index in [2.05, 4.69) is 25.4 Å². The van der Waals surface area contributed by atoms with Crippen molar-refractivity contribution >= 4 is 39.8 Å². The Kier molecular flexibility index (Phi) is 4.64. The lowest BCUT2D eigenvalue weighted by Crippen LogP contribution is -2.11. The lowest BCUT2D eigenvalue weighted by molar-refractivity contribution is 0.415. The van der Waals surface area contributed by atoms with E-state index in [9.17, 15) is 4.79 Å². The van der Waals surface area contributed by atoms with Gasteiger partial charge in [0, 0.05) is 28.4 Å². The van der Waals surface area contributed by atoms with E-state index in [0.29, 0.717) is 28.0 Å². The number of hydrogen-bond donors (Lipinski definition) is 1. The lowest BCUT2D eigenvalue weighted by Gasteiger charge is -2.07. The summed E-state index contributed by atoms with van der Waals surface area (Å²) in [7, 11) is 1.61. The van der Waals surface area contributed by atoms with E-state index >= 15 is 0 Å². The molecule has 0 amide bonds. The molecule has 0 aliphatic rings. The molecule has 3 heterocycles. The van der Waals surface area contributed by atoms with Crippen LogP contribution in [0.5, 0.6) is 5.75 Å². The molecular formula is C21H14ClN7O2. The predicted molar refractivity (Wildman–Crippen MR) is 117 cm³/mol. The third-order valence-corrected chi connectivity index (χ3v) is 4.84. The third-order valence-electron chi connectivity index (χ3n) is 4.61. The Bertz CT molecular complexity index is 1490. The molecule has 10 heteroatoms. The van der Waals surface area contributed by atoms with Gasteiger partial charge in [-0.1, -0.05) is 11.6 Å². The van der Waals surface area contributed by atoms with Crippen LogP contribution in [0.3, 0.4) is 0 Å². The van der Waals surface area contributed by atoms with Crippen LogP contribution in [0.1, 0.15) is 0 Å². The van der Waals surface area contributed by atoms with Gasteiger partial charge in [0.15, 0.2) is 11.5 Å². The van der Waals surface area contributed by atoms with Crippen molar-refractivity contribution in [3.63, 3.8) is 0 Å². The number of nitrogens with zero attached hydrogens (tertiary/aromatic N) is 6. The number of benzene rings is 2. The fourth-order valence-electron chi connectivity index (χ4n) is 3.11. The largest absolute Gasteiger partial charge is 0.497 e. The van der Waals surface area contributed by atoms with Crippen molar-refractivity contribution in [3.05, 3.63) is 76.4 Å². The summed E-state index contributed by atoms with van der Waals surface area (Å²) in [5.74, 6) is 1.51. The molecule has 0 spiro atoms. The summed E-state index contributed by atoms with van der Waals surface area (Å²) in [4.78, 5) is 29.3. The molecule has 31 heavy (non-hydrogen) atoms. The SMILES string of the molecule is COc1ccc(-c2nc3c4cc(Cl)ccc4nc(Nc4cnccnc4=O)n3n2)cc1. The average Bonchev–Trinajstić information content (AvgIpc) is 3.14. The molecule has 0 radical (unpaired) electrons. The molecule has 0 unspecified atom stereocenters. The second-order valence-electron chi connectivity index (χ2n) is 6.55. The number of anilines is 2. The minimum atomic E-state index is -0.473. The van der Waals surface area contributed by atoms with Crippen LogP contribution in [0.15, 0.2) is 65.8 Å². The zero-order valence-electron chi connectivity index (χ0n) is 16.2. The van der Waals surface area contributed by atoms with Gasteiger partial charge in [-0.3, -0.25) is 9.78 Å². The number of halogens is 1. The highest BCUT2D eigenvalue weighted by Gasteiger charge is 2.16. The second-order valence-corrected chi connectivity index (χ2v) is 6.98. The molecule has 0 fully saturated rings. The van der Waals surface area contributed by atoms with Gasteiger partial charge in [0.05, 0.1) is 18.8 Å². The first-order chi connectivity index (χ1) is 15.1. The second kappa shape index (κ2) is 7.62. The predicted octanol–water partition coefficient (Wildman–Crippen LogP) is 3.50. The smallest absolute Gasteiger partial charge is 0.295 e. The van der Waals surface area contributed by atoms with Gasteiger partial charge in [0.1, 0.15) is 11.4 Å². The van der Waals surface area contributed by atoms with Crippen LogP contribution >= 0.6 is 11.6 Å². The molecule has 3 aromatic heterocycles. The van der Waals surface area contributed by atoms with Crippen LogP contribution in [0.2, 0.25) is 5.02 Å². The van der Waals surface area contributed by atoms with Gasteiger partial charge in [-0.25, -0.2) is 15.0 Å². The molecule has 0 aliphatic heterocycles. The zero-order valence-corrected chi connectivity index (χ0v) is 16.9. The molecule has 0 saturated carbocycles. The van der Waals surface area contributed by atoms with E-state index < -0.39 is 5.56 Å². The Morgan fingerprint density at radius 1 is 1.06 bits per heavy atom. The van der Waals surface area contributed by atoms with Crippen molar-refractivity contribution in [2.75, 3.05) is 12.4 Å². The maximum absolute atomic E-state index is 12.2. The highest BCUT2D eigenvalue weighted by atomic mass is 35.5. The highest BCUT2D eigenvalue weighted by molar-refractivity contribution is 6.31. The van der Waals surface area contributed by atoms with Gasteiger partial charge in [-0.15, -0.1) is 5.10 Å². The van der Waals surface area contributed by atoms with Crippen LogP contribution in [-0.2, 0) is 0 Å². The number of fused-ring (bicyclic) bond motifs is 3. The molecule has 0 saturated heterocycles. The van der Waals surface area contributed by atoms with E-state index in [-0.39, 0.29) is 5.69 Å². The first-order valence-corrected chi connectivity index (χ1v) is 9.58. The summed E-state index contributed by atoms with van der Waals surface area (Å²) in [6, 6.07) is 12.7. The van der Waals surface area contributed by atoms with E-state index in [1.807, 2.05) is 24.3 Å². The first-order valence-electron chi connectivity index (χ1n) is 9.20. The number of aromatic nitrogens is 6. The van der Waals surface area contributed by atoms with Crippen LogP contribution < -0.4 is 15.6 Å². The van der Waals surface area contributed by atoms with Crippen LogP contribution in [0.4, 0.5) is 11.6 Å². The number of ether oxygens (including phenoxy) is 1. The Morgan fingerprint density at radius 3 is 2.71 bits per heavy atom. The summed E-state index contributed by atoms with van der Waals surface area (Å²) in [6.45, 7) is 0. The Labute approximate surface area is 180 Å². The maximum Gasteiger partial charge on any atom is 0.295 e. The zero-order chi connectivity index (χ0) is 21.4. The Balaban J connectivity index is 1.74. The monoisotopic (exact) mass is 431 g/mol.